The van der Waals surface area contributed by atoms with Crippen LogP contribution < -0.4 is 5.73 Å². The number of benzene rings is 1. The molecule has 0 unspecified atom stereocenters. The van der Waals surface area contributed by atoms with Gasteiger partial charge >= 0.3 is 0 Å². The molecular formula is C10H12N4. The Balaban J connectivity index is 2.58. The van der Waals surface area contributed by atoms with E-state index >= 15 is 0 Å². The van der Waals surface area contributed by atoms with Gasteiger partial charge in [-0.15, -0.1) is 5.10 Å². The van der Waals surface area contributed by atoms with Gasteiger partial charge in [0.1, 0.15) is 0 Å². The third-order valence-electron chi connectivity index (χ3n) is 2.20. The Hall–Kier alpha value is -1.84. The van der Waals surface area contributed by atoms with Crippen molar-refractivity contribution in [1.29, 1.82) is 0 Å². The topological polar surface area (TPSA) is 56.7 Å². The summed E-state index contributed by atoms with van der Waals surface area (Å²) in [5.74, 6) is 0. The molecule has 2 N–H and O–H groups in total. The molecule has 0 saturated carbocycles. The van der Waals surface area contributed by atoms with Crippen molar-refractivity contribution in [3.05, 3.63) is 30.0 Å². The highest BCUT2D eigenvalue weighted by Gasteiger charge is 2.06. The fourth-order valence-electron chi connectivity index (χ4n) is 1.45. The molecule has 0 aliphatic heterocycles. The molecule has 2 aromatic rings. The molecule has 0 bridgehead atoms. The second kappa shape index (κ2) is 3.14. The van der Waals surface area contributed by atoms with E-state index in [-0.39, 0.29) is 0 Å². The summed E-state index contributed by atoms with van der Waals surface area (Å²) in [4.78, 5) is 0. The Morgan fingerprint density at radius 2 is 2.14 bits per heavy atom. The van der Waals surface area contributed by atoms with Crippen LogP contribution in [0.3, 0.4) is 0 Å². The second-order valence-electron chi connectivity index (χ2n) is 3.33. The van der Waals surface area contributed by atoms with Crippen LogP contribution in [-0.2, 0) is 7.05 Å². The summed E-state index contributed by atoms with van der Waals surface area (Å²) in [6.45, 7) is 2.02. The molecule has 72 valence electrons. The smallest absolute Gasteiger partial charge is 0.0902 e. The number of anilines is 1. The van der Waals surface area contributed by atoms with Gasteiger partial charge in [-0.1, -0.05) is 17.3 Å². The van der Waals surface area contributed by atoms with E-state index in [2.05, 4.69) is 10.3 Å². The van der Waals surface area contributed by atoms with Crippen LogP contribution in [0.5, 0.6) is 0 Å². The van der Waals surface area contributed by atoms with Gasteiger partial charge in [-0.05, 0) is 18.6 Å². The molecular weight excluding hydrogens is 176 g/mol. The lowest BCUT2D eigenvalue weighted by molar-refractivity contribution is 0.721. The molecule has 4 nitrogen and oxygen atoms in total. The molecule has 0 amide bonds. The number of hydrogen-bond donors (Lipinski definition) is 1. The molecule has 0 aliphatic carbocycles. The van der Waals surface area contributed by atoms with E-state index in [0.29, 0.717) is 0 Å². The largest absolute Gasteiger partial charge is 0.398 e. The first-order chi connectivity index (χ1) is 6.68. The fourth-order valence-corrected chi connectivity index (χ4v) is 1.45. The van der Waals surface area contributed by atoms with Gasteiger partial charge in [-0.25, -0.2) is 4.68 Å². The zero-order valence-corrected chi connectivity index (χ0v) is 8.23. The summed E-state index contributed by atoms with van der Waals surface area (Å²) in [6, 6.07) is 5.96. The lowest BCUT2D eigenvalue weighted by Crippen LogP contribution is -1.97. The van der Waals surface area contributed by atoms with Gasteiger partial charge in [0.15, 0.2) is 0 Å². The second-order valence-corrected chi connectivity index (χ2v) is 3.33. The molecule has 2 rings (SSSR count). The van der Waals surface area contributed by atoms with Gasteiger partial charge in [0, 0.05) is 18.3 Å². The minimum Gasteiger partial charge on any atom is -0.398 e. The van der Waals surface area contributed by atoms with Crippen molar-refractivity contribution >= 4 is 5.69 Å². The molecule has 0 spiro atoms. The maximum Gasteiger partial charge on any atom is 0.0902 e. The molecule has 0 radical (unpaired) electrons. The summed E-state index contributed by atoms with van der Waals surface area (Å²) in [7, 11) is 1.85. The molecule has 0 fully saturated rings. The highest BCUT2D eigenvalue weighted by molar-refractivity contribution is 5.73. The van der Waals surface area contributed by atoms with Crippen LogP contribution >= 0.6 is 0 Å². The molecule has 1 heterocycles. The van der Waals surface area contributed by atoms with Gasteiger partial charge in [0.25, 0.3) is 0 Å². The number of hydrogen-bond acceptors (Lipinski definition) is 3. The number of rotatable bonds is 1. The Morgan fingerprint density at radius 1 is 1.36 bits per heavy atom. The van der Waals surface area contributed by atoms with Crippen molar-refractivity contribution in [2.75, 3.05) is 5.73 Å². The van der Waals surface area contributed by atoms with Gasteiger partial charge in [-0.2, -0.15) is 0 Å². The average molecular weight is 188 g/mol. The third kappa shape index (κ3) is 1.35. The highest BCUT2D eigenvalue weighted by Crippen LogP contribution is 2.24. The number of aryl methyl sites for hydroxylation is 2. The summed E-state index contributed by atoms with van der Waals surface area (Å²) in [5.41, 5.74) is 9.73. The van der Waals surface area contributed by atoms with E-state index in [9.17, 15) is 0 Å². The lowest BCUT2D eigenvalue weighted by Gasteiger charge is -2.05. The minimum atomic E-state index is 0.760. The van der Waals surface area contributed by atoms with Crippen LogP contribution in [0.1, 0.15) is 5.56 Å². The Labute approximate surface area is 82.4 Å². The summed E-state index contributed by atoms with van der Waals surface area (Å²) >= 11 is 0. The molecule has 0 saturated heterocycles. The quantitative estimate of drug-likeness (QED) is 0.688. The fraction of sp³-hybridized carbons (Fsp3) is 0.200. The summed E-state index contributed by atoms with van der Waals surface area (Å²) in [6.07, 6.45) is 1.71. The van der Waals surface area contributed by atoms with Gasteiger partial charge < -0.3 is 5.73 Å². The van der Waals surface area contributed by atoms with Crippen molar-refractivity contribution in [1.82, 2.24) is 15.0 Å². The van der Waals surface area contributed by atoms with Crippen molar-refractivity contribution in [2.24, 2.45) is 7.05 Å². The van der Waals surface area contributed by atoms with Crippen LogP contribution in [0, 0.1) is 6.92 Å². The zero-order valence-electron chi connectivity index (χ0n) is 8.23. The molecule has 4 heteroatoms. The van der Waals surface area contributed by atoms with E-state index < -0.39 is 0 Å². The van der Waals surface area contributed by atoms with Crippen molar-refractivity contribution in [2.45, 2.75) is 6.92 Å². The van der Waals surface area contributed by atoms with Crippen LogP contribution in [0.25, 0.3) is 11.3 Å². The molecule has 0 atom stereocenters. The predicted octanol–water partition coefficient (Wildman–Crippen LogP) is 1.37. The monoisotopic (exact) mass is 188 g/mol. The number of nitrogens with two attached hydrogens (primary N) is 1. The van der Waals surface area contributed by atoms with E-state index in [0.717, 1.165) is 22.5 Å². The molecule has 0 aliphatic rings. The Kier molecular flexibility index (Phi) is 1.96. The minimum absolute atomic E-state index is 0.760. The molecule has 1 aromatic carbocycles. The average Bonchev–Trinajstić information content (AvgIpc) is 2.52. The van der Waals surface area contributed by atoms with Gasteiger partial charge in [0.2, 0.25) is 0 Å². The first-order valence-corrected chi connectivity index (χ1v) is 4.39. The van der Waals surface area contributed by atoms with E-state index in [1.807, 2.05) is 32.2 Å². The highest BCUT2D eigenvalue weighted by atomic mass is 15.4. The SMILES string of the molecule is Cc1ccc(-c2cnnn2C)c(N)c1. The standard InChI is InChI=1S/C10H12N4/c1-7-3-4-8(9(11)5-7)10-6-12-13-14(10)2/h3-6H,11H2,1-2H3. The van der Waals surface area contributed by atoms with Crippen LogP contribution in [0.15, 0.2) is 24.4 Å². The van der Waals surface area contributed by atoms with Crippen LogP contribution in [0.4, 0.5) is 5.69 Å². The first kappa shape index (κ1) is 8.74. The zero-order chi connectivity index (χ0) is 10.1. The predicted molar refractivity (Wildman–Crippen MR) is 55.6 cm³/mol. The van der Waals surface area contributed by atoms with E-state index in [4.69, 9.17) is 5.73 Å². The molecule has 1 aromatic heterocycles. The number of aromatic nitrogens is 3. The Morgan fingerprint density at radius 3 is 2.71 bits per heavy atom. The van der Waals surface area contributed by atoms with Crippen molar-refractivity contribution in [3.8, 4) is 11.3 Å². The number of nitrogen functional groups attached to an aromatic ring is 1. The summed E-state index contributed by atoms with van der Waals surface area (Å²) in [5, 5.41) is 7.69. The third-order valence-corrected chi connectivity index (χ3v) is 2.20. The first-order valence-electron chi connectivity index (χ1n) is 4.39. The van der Waals surface area contributed by atoms with E-state index in [1.54, 1.807) is 10.9 Å². The molecule has 14 heavy (non-hydrogen) atoms. The number of nitrogens with zero attached hydrogens (tertiary/aromatic N) is 3. The maximum atomic E-state index is 5.91. The normalized spacial score (nSPS) is 10.4. The summed E-state index contributed by atoms with van der Waals surface area (Å²) < 4.78 is 1.71. The van der Waals surface area contributed by atoms with Gasteiger partial charge in [0.05, 0.1) is 11.9 Å². The van der Waals surface area contributed by atoms with Crippen molar-refractivity contribution in [3.63, 3.8) is 0 Å². The van der Waals surface area contributed by atoms with Crippen molar-refractivity contribution < 1.29 is 0 Å². The van der Waals surface area contributed by atoms with E-state index in [1.165, 1.54) is 0 Å². The lowest BCUT2D eigenvalue weighted by atomic mass is 10.1. The maximum absolute atomic E-state index is 5.91. The Bertz CT molecular complexity index is 459. The van der Waals surface area contributed by atoms with Crippen LogP contribution in [-0.4, -0.2) is 15.0 Å². The van der Waals surface area contributed by atoms with Crippen LogP contribution in [0.2, 0.25) is 0 Å². The van der Waals surface area contributed by atoms with Gasteiger partial charge in [-0.3, -0.25) is 0 Å².